The molecule has 7 nitrogen and oxygen atoms in total. The molecule has 150 valence electrons. The Balaban J connectivity index is 1.73. The second kappa shape index (κ2) is 7.67. The van der Waals surface area contributed by atoms with Crippen LogP contribution in [0.15, 0.2) is 42.6 Å². The first-order chi connectivity index (χ1) is 14.0. The molecule has 0 radical (unpaired) electrons. The van der Waals surface area contributed by atoms with Gasteiger partial charge < -0.3 is 19.9 Å². The number of aromatic nitrogens is 2. The molecule has 0 saturated heterocycles. The Kier molecular flexibility index (Phi) is 5.07. The lowest BCUT2D eigenvalue weighted by atomic mass is 9.87. The van der Waals surface area contributed by atoms with Gasteiger partial charge in [-0.25, -0.2) is 4.68 Å². The van der Waals surface area contributed by atoms with Crippen LogP contribution in [0.25, 0.3) is 0 Å². The molecule has 0 fully saturated rings. The van der Waals surface area contributed by atoms with Crippen LogP contribution in [0.3, 0.4) is 0 Å². The molecule has 1 aliphatic heterocycles. The third kappa shape index (κ3) is 3.61. The number of phenols is 1. The molecule has 29 heavy (non-hydrogen) atoms. The summed E-state index contributed by atoms with van der Waals surface area (Å²) < 4.78 is 12.3. The number of rotatable bonds is 5. The molecule has 2 heterocycles. The maximum atomic E-state index is 12.5. The quantitative estimate of drug-likeness (QED) is 0.664. The molecule has 0 saturated carbocycles. The minimum Gasteiger partial charge on any atom is -0.502 e. The highest BCUT2D eigenvalue weighted by atomic mass is 35.5. The first kappa shape index (κ1) is 19.1. The van der Waals surface area contributed by atoms with Gasteiger partial charge in [0.25, 0.3) is 0 Å². The molecule has 3 aromatic rings. The van der Waals surface area contributed by atoms with Gasteiger partial charge in [-0.3, -0.25) is 4.79 Å². The summed E-state index contributed by atoms with van der Waals surface area (Å²) in [6.45, 7) is 0.502. The van der Waals surface area contributed by atoms with E-state index in [1.54, 1.807) is 23.0 Å². The summed E-state index contributed by atoms with van der Waals surface area (Å²) in [7, 11) is 2.95. The van der Waals surface area contributed by atoms with Crippen LogP contribution in [0, 0.1) is 0 Å². The average molecular weight is 414 g/mol. The highest BCUT2D eigenvalue weighted by Gasteiger charge is 2.31. The number of carbonyl (C=O) groups excluding carboxylic acids is 1. The van der Waals surface area contributed by atoms with Gasteiger partial charge in [0.15, 0.2) is 11.5 Å². The number of nitrogens with one attached hydrogen (secondary N) is 1. The summed E-state index contributed by atoms with van der Waals surface area (Å²) in [6, 6.07) is 10.9. The maximum absolute atomic E-state index is 12.5. The molecule has 1 atom stereocenters. The van der Waals surface area contributed by atoms with Gasteiger partial charge in [0.2, 0.25) is 11.7 Å². The van der Waals surface area contributed by atoms with Crippen LogP contribution >= 0.6 is 11.6 Å². The van der Waals surface area contributed by atoms with Crippen LogP contribution in [-0.4, -0.2) is 35.0 Å². The molecule has 2 aromatic carbocycles. The zero-order valence-electron chi connectivity index (χ0n) is 16.0. The molecule has 8 heteroatoms. The van der Waals surface area contributed by atoms with Crippen LogP contribution in [-0.2, 0) is 11.3 Å². The number of anilines is 1. The molecule has 2 N–H and O–H groups in total. The van der Waals surface area contributed by atoms with Crippen molar-refractivity contribution in [1.29, 1.82) is 0 Å². The van der Waals surface area contributed by atoms with E-state index in [-0.39, 0.29) is 24.0 Å². The Hall–Kier alpha value is -3.19. The number of halogens is 1. The number of benzene rings is 2. The fourth-order valence-electron chi connectivity index (χ4n) is 3.56. The van der Waals surface area contributed by atoms with E-state index in [0.717, 1.165) is 16.7 Å². The molecule has 0 aliphatic carbocycles. The molecule has 1 amide bonds. The number of fused-ring (bicyclic) bond motifs is 1. The van der Waals surface area contributed by atoms with E-state index >= 15 is 0 Å². The summed E-state index contributed by atoms with van der Waals surface area (Å²) in [5.74, 6) is 0.832. The van der Waals surface area contributed by atoms with Crippen molar-refractivity contribution in [3.8, 4) is 17.2 Å². The number of nitrogens with zero attached hydrogens (tertiary/aromatic N) is 2. The van der Waals surface area contributed by atoms with E-state index in [1.165, 1.54) is 14.2 Å². The van der Waals surface area contributed by atoms with Gasteiger partial charge in [0, 0.05) is 22.9 Å². The second-order valence-corrected chi connectivity index (χ2v) is 7.25. The third-order valence-corrected chi connectivity index (χ3v) is 5.29. The number of hydrogen-bond acceptors (Lipinski definition) is 5. The molecule has 0 unspecified atom stereocenters. The zero-order valence-corrected chi connectivity index (χ0v) is 16.7. The van der Waals surface area contributed by atoms with Crippen molar-refractivity contribution in [3.05, 3.63) is 64.3 Å². The van der Waals surface area contributed by atoms with Gasteiger partial charge in [-0.1, -0.05) is 23.7 Å². The maximum Gasteiger partial charge on any atom is 0.226 e. The molecule has 1 aromatic heterocycles. The topological polar surface area (TPSA) is 85.6 Å². The monoisotopic (exact) mass is 413 g/mol. The summed E-state index contributed by atoms with van der Waals surface area (Å²) in [6.07, 6.45) is 2.03. The molecular formula is C21H20ClN3O4. The highest BCUT2D eigenvalue weighted by molar-refractivity contribution is 6.30. The highest BCUT2D eigenvalue weighted by Crippen LogP contribution is 2.44. The lowest BCUT2D eigenvalue weighted by Crippen LogP contribution is -2.25. The minimum atomic E-state index is -0.235. The number of ether oxygens (including phenoxy) is 2. The van der Waals surface area contributed by atoms with Gasteiger partial charge in [-0.05, 0) is 35.4 Å². The van der Waals surface area contributed by atoms with Crippen molar-refractivity contribution in [3.63, 3.8) is 0 Å². The third-order valence-electron chi connectivity index (χ3n) is 5.04. The SMILES string of the molecule is COc1cc([C@@H]2CC(=O)Nc3c2cnn3Cc2ccc(Cl)cc2)cc(OC)c1O. The molecule has 4 rings (SSSR count). The number of methoxy groups -OCH3 is 2. The Morgan fingerprint density at radius 3 is 2.48 bits per heavy atom. The van der Waals surface area contributed by atoms with Gasteiger partial charge in [0.1, 0.15) is 5.82 Å². The first-order valence-electron chi connectivity index (χ1n) is 9.05. The first-order valence-corrected chi connectivity index (χ1v) is 9.42. The van der Waals surface area contributed by atoms with E-state index in [2.05, 4.69) is 10.4 Å². The molecule has 1 aliphatic rings. The summed E-state index contributed by atoms with van der Waals surface area (Å²) >= 11 is 5.96. The Labute approximate surface area is 172 Å². The molecular weight excluding hydrogens is 394 g/mol. The van der Waals surface area contributed by atoms with E-state index in [0.29, 0.717) is 28.9 Å². The average Bonchev–Trinajstić information content (AvgIpc) is 3.11. The van der Waals surface area contributed by atoms with Crippen molar-refractivity contribution < 1.29 is 19.4 Å². The Morgan fingerprint density at radius 2 is 1.86 bits per heavy atom. The van der Waals surface area contributed by atoms with E-state index in [4.69, 9.17) is 21.1 Å². The van der Waals surface area contributed by atoms with E-state index < -0.39 is 0 Å². The predicted octanol–water partition coefficient (Wildman–Crippen LogP) is 3.78. The van der Waals surface area contributed by atoms with Crippen molar-refractivity contribution in [2.24, 2.45) is 0 Å². The second-order valence-electron chi connectivity index (χ2n) is 6.81. The van der Waals surface area contributed by atoms with Crippen molar-refractivity contribution >= 4 is 23.3 Å². The van der Waals surface area contributed by atoms with Gasteiger partial charge in [0.05, 0.1) is 27.0 Å². The fraction of sp³-hybridized carbons (Fsp3) is 0.238. The number of hydrogen-bond donors (Lipinski definition) is 2. The minimum absolute atomic E-state index is 0.0716. The van der Waals surface area contributed by atoms with E-state index in [1.807, 2.05) is 24.3 Å². The van der Waals surface area contributed by atoms with E-state index in [9.17, 15) is 9.90 Å². The van der Waals surface area contributed by atoms with Gasteiger partial charge in [-0.2, -0.15) is 5.10 Å². The van der Waals surface area contributed by atoms with Gasteiger partial charge >= 0.3 is 0 Å². The number of phenolic OH excluding ortho intramolecular Hbond substituents is 1. The van der Waals surface area contributed by atoms with Crippen molar-refractivity contribution in [1.82, 2.24) is 9.78 Å². The largest absolute Gasteiger partial charge is 0.502 e. The predicted molar refractivity (Wildman–Crippen MR) is 109 cm³/mol. The summed E-state index contributed by atoms with van der Waals surface area (Å²) in [5.41, 5.74) is 2.72. The van der Waals surface area contributed by atoms with Crippen LogP contribution in [0.4, 0.5) is 5.82 Å². The smallest absolute Gasteiger partial charge is 0.226 e. The molecule has 0 bridgehead atoms. The van der Waals surface area contributed by atoms with Crippen molar-refractivity contribution in [2.75, 3.05) is 19.5 Å². The Morgan fingerprint density at radius 1 is 1.21 bits per heavy atom. The molecule has 0 spiro atoms. The Bertz CT molecular complexity index is 1040. The standard InChI is InChI=1S/C21H20ClN3O4/c1-28-17-7-13(8-18(29-2)20(17)27)15-9-19(26)24-21-16(15)10-23-25(21)11-12-3-5-14(22)6-4-12/h3-8,10,15,27H,9,11H2,1-2H3,(H,24,26)/t15-/m0/s1. The number of aromatic hydroxyl groups is 1. The fourth-order valence-corrected chi connectivity index (χ4v) is 3.69. The van der Waals surface area contributed by atoms with Gasteiger partial charge in [-0.15, -0.1) is 0 Å². The van der Waals surface area contributed by atoms with Crippen LogP contribution < -0.4 is 14.8 Å². The van der Waals surface area contributed by atoms with Crippen LogP contribution in [0.2, 0.25) is 5.02 Å². The van der Waals surface area contributed by atoms with Crippen molar-refractivity contribution in [2.45, 2.75) is 18.9 Å². The summed E-state index contributed by atoms with van der Waals surface area (Å²) in [4.78, 5) is 12.5. The lowest BCUT2D eigenvalue weighted by molar-refractivity contribution is -0.116. The lowest BCUT2D eigenvalue weighted by Gasteiger charge is -2.24. The van der Waals surface area contributed by atoms with Crippen LogP contribution in [0.1, 0.15) is 29.0 Å². The number of amides is 1. The number of carbonyl (C=O) groups is 1. The normalized spacial score (nSPS) is 15.6. The van der Waals surface area contributed by atoms with Crippen LogP contribution in [0.5, 0.6) is 17.2 Å². The summed E-state index contributed by atoms with van der Waals surface area (Å²) in [5, 5.41) is 18.3. The zero-order chi connectivity index (χ0) is 20.5.